The molecule has 0 amide bonds. The first-order chi connectivity index (χ1) is 7.50. The molecule has 1 unspecified atom stereocenters. The van der Waals surface area contributed by atoms with Crippen LogP contribution < -0.4 is 5.32 Å². The van der Waals surface area contributed by atoms with E-state index in [1.54, 1.807) is 19.1 Å². The van der Waals surface area contributed by atoms with E-state index in [4.69, 9.17) is 0 Å². The molecule has 0 bridgehead atoms. The van der Waals surface area contributed by atoms with Gasteiger partial charge in [0.05, 0.1) is 6.10 Å². The molecule has 0 saturated heterocycles. The van der Waals surface area contributed by atoms with E-state index in [0.717, 1.165) is 12.1 Å². The zero-order chi connectivity index (χ0) is 12.1. The molecule has 0 fully saturated rings. The summed E-state index contributed by atoms with van der Waals surface area (Å²) in [6.07, 6.45) is -0.571. The monoisotopic (exact) mass is 225 g/mol. The highest BCUT2D eigenvalue weighted by Crippen LogP contribution is 2.16. The molecule has 90 valence electrons. The van der Waals surface area contributed by atoms with Crippen LogP contribution in [-0.2, 0) is 0 Å². The van der Waals surface area contributed by atoms with Crippen LogP contribution in [0.4, 0.5) is 4.39 Å². The van der Waals surface area contributed by atoms with Crippen molar-refractivity contribution < 1.29 is 9.50 Å². The molecule has 0 heterocycles. The second-order valence-electron chi connectivity index (χ2n) is 4.58. The van der Waals surface area contributed by atoms with Crippen molar-refractivity contribution in [2.24, 2.45) is 5.92 Å². The van der Waals surface area contributed by atoms with E-state index in [2.05, 4.69) is 19.2 Å². The van der Waals surface area contributed by atoms with Gasteiger partial charge in [0.25, 0.3) is 0 Å². The summed E-state index contributed by atoms with van der Waals surface area (Å²) in [5, 5.41) is 13.0. The van der Waals surface area contributed by atoms with Gasteiger partial charge in [0.2, 0.25) is 0 Å². The average molecular weight is 225 g/mol. The Morgan fingerprint density at radius 3 is 2.56 bits per heavy atom. The molecule has 1 atom stereocenters. The fourth-order valence-electron chi connectivity index (χ4n) is 1.50. The second-order valence-corrected chi connectivity index (χ2v) is 4.58. The third-order valence-electron chi connectivity index (χ3n) is 2.46. The molecule has 0 aliphatic carbocycles. The third kappa shape index (κ3) is 3.91. The summed E-state index contributed by atoms with van der Waals surface area (Å²) < 4.78 is 13.0. The predicted molar refractivity (Wildman–Crippen MR) is 63.8 cm³/mol. The number of aliphatic hydroxyl groups is 1. The molecule has 0 aliphatic heterocycles. The third-order valence-corrected chi connectivity index (χ3v) is 2.46. The van der Waals surface area contributed by atoms with Gasteiger partial charge in [0, 0.05) is 6.54 Å². The van der Waals surface area contributed by atoms with Gasteiger partial charge < -0.3 is 10.4 Å². The molecule has 0 saturated carbocycles. The summed E-state index contributed by atoms with van der Waals surface area (Å²) in [6.45, 7) is 7.30. The zero-order valence-electron chi connectivity index (χ0n) is 10.1. The first-order valence-corrected chi connectivity index (χ1v) is 5.65. The highest BCUT2D eigenvalue weighted by atomic mass is 19.1. The molecule has 0 spiro atoms. The first-order valence-electron chi connectivity index (χ1n) is 5.65. The smallest absolute Gasteiger partial charge is 0.126 e. The lowest BCUT2D eigenvalue weighted by Crippen LogP contribution is -2.25. The van der Waals surface area contributed by atoms with Crippen LogP contribution in [0.25, 0.3) is 0 Å². The molecule has 1 aromatic carbocycles. The molecule has 2 N–H and O–H groups in total. The fourth-order valence-corrected chi connectivity index (χ4v) is 1.50. The normalized spacial score (nSPS) is 13.1. The van der Waals surface area contributed by atoms with E-state index in [0.29, 0.717) is 18.0 Å². The summed E-state index contributed by atoms with van der Waals surface area (Å²) in [7, 11) is 0. The zero-order valence-corrected chi connectivity index (χ0v) is 10.1. The molecule has 0 aromatic heterocycles. The van der Waals surface area contributed by atoms with E-state index >= 15 is 0 Å². The number of nitrogens with one attached hydrogen (secondary N) is 1. The van der Waals surface area contributed by atoms with Crippen LogP contribution in [-0.4, -0.2) is 18.2 Å². The minimum absolute atomic E-state index is 0.230. The number of hydrogen-bond donors (Lipinski definition) is 2. The lowest BCUT2D eigenvalue weighted by molar-refractivity contribution is 0.173. The first kappa shape index (κ1) is 13.1. The number of aryl methyl sites for hydroxylation is 1. The maximum atomic E-state index is 13.0. The van der Waals surface area contributed by atoms with Crippen molar-refractivity contribution in [2.75, 3.05) is 13.1 Å². The quantitative estimate of drug-likeness (QED) is 0.806. The van der Waals surface area contributed by atoms with Crippen LogP contribution in [0, 0.1) is 18.7 Å². The van der Waals surface area contributed by atoms with E-state index in [-0.39, 0.29) is 5.82 Å². The van der Waals surface area contributed by atoms with Crippen molar-refractivity contribution in [1.29, 1.82) is 0 Å². The maximum Gasteiger partial charge on any atom is 0.126 e. The Morgan fingerprint density at radius 1 is 1.31 bits per heavy atom. The minimum atomic E-state index is -0.571. The summed E-state index contributed by atoms with van der Waals surface area (Å²) in [4.78, 5) is 0. The minimum Gasteiger partial charge on any atom is -0.387 e. The molecule has 2 nitrogen and oxygen atoms in total. The Hall–Kier alpha value is -0.930. The van der Waals surface area contributed by atoms with Gasteiger partial charge in [-0.05, 0) is 36.6 Å². The Bertz CT molecular complexity index is 339. The molecule has 3 heteroatoms. The topological polar surface area (TPSA) is 32.3 Å². The van der Waals surface area contributed by atoms with Gasteiger partial charge in [-0.15, -0.1) is 0 Å². The maximum absolute atomic E-state index is 13.0. The van der Waals surface area contributed by atoms with Crippen LogP contribution in [0.2, 0.25) is 0 Å². The molecule has 0 aliphatic rings. The van der Waals surface area contributed by atoms with Crippen LogP contribution in [0.1, 0.15) is 31.1 Å². The molecule has 16 heavy (non-hydrogen) atoms. The number of halogens is 1. The van der Waals surface area contributed by atoms with Crippen LogP contribution in [0.5, 0.6) is 0 Å². The lowest BCUT2D eigenvalue weighted by Gasteiger charge is -2.14. The van der Waals surface area contributed by atoms with Gasteiger partial charge in [-0.2, -0.15) is 0 Å². The van der Waals surface area contributed by atoms with E-state index in [1.807, 2.05) is 0 Å². The summed E-state index contributed by atoms with van der Waals surface area (Å²) in [5.74, 6) is 0.327. The molecule has 0 radical (unpaired) electrons. The Kier molecular flexibility index (Phi) is 4.90. The molecule has 1 rings (SSSR count). The summed E-state index contributed by atoms with van der Waals surface area (Å²) >= 11 is 0. The Balaban J connectivity index is 2.52. The molecule has 1 aromatic rings. The molecular formula is C13H20FNO. The van der Waals surface area contributed by atoms with Crippen LogP contribution in [0.3, 0.4) is 0 Å². The SMILES string of the molecule is Cc1cc(C(O)CNCC(C)C)ccc1F. The van der Waals surface area contributed by atoms with E-state index in [9.17, 15) is 9.50 Å². The number of benzene rings is 1. The van der Waals surface area contributed by atoms with Crippen molar-refractivity contribution in [2.45, 2.75) is 26.9 Å². The number of rotatable bonds is 5. The van der Waals surface area contributed by atoms with Crippen molar-refractivity contribution in [1.82, 2.24) is 5.32 Å². The Labute approximate surface area is 96.5 Å². The van der Waals surface area contributed by atoms with Crippen molar-refractivity contribution in [3.63, 3.8) is 0 Å². The highest BCUT2D eigenvalue weighted by molar-refractivity contribution is 5.25. The standard InChI is InChI=1S/C13H20FNO/c1-9(2)7-15-8-13(16)11-4-5-12(14)10(3)6-11/h4-6,9,13,15-16H,7-8H2,1-3H3. The van der Waals surface area contributed by atoms with Crippen LogP contribution >= 0.6 is 0 Å². The van der Waals surface area contributed by atoms with E-state index in [1.165, 1.54) is 6.07 Å². The van der Waals surface area contributed by atoms with Crippen LogP contribution in [0.15, 0.2) is 18.2 Å². The Morgan fingerprint density at radius 2 is 2.00 bits per heavy atom. The van der Waals surface area contributed by atoms with Crippen molar-refractivity contribution in [3.8, 4) is 0 Å². The number of hydrogen-bond acceptors (Lipinski definition) is 2. The number of aliphatic hydroxyl groups excluding tert-OH is 1. The fraction of sp³-hybridized carbons (Fsp3) is 0.538. The van der Waals surface area contributed by atoms with Gasteiger partial charge in [-0.3, -0.25) is 0 Å². The van der Waals surface area contributed by atoms with Gasteiger partial charge in [-0.1, -0.05) is 26.0 Å². The lowest BCUT2D eigenvalue weighted by atomic mass is 10.1. The van der Waals surface area contributed by atoms with Gasteiger partial charge >= 0.3 is 0 Å². The highest BCUT2D eigenvalue weighted by Gasteiger charge is 2.08. The summed E-state index contributed by atoms with van der Waals surface area (Å²) in [6, 6.07) is 4.72. The largest absolute Gasteiger partial charge is 0.387 e. The second kappa shape index (κ2) is 5.97. The molecular weight excluding hydrogens is 205 g/mol. The van der Waals surface area contributed by atoms with Crippen molar-refractivity contribution in [3.05, 3.63) is 35.1 Å². The van der Waals surface area contributed by atoms with E-state index < -0.39 is 6.10 Å². The predicted octanol–water partition coefficient (Wildman–Crippen LogP) is 2.41. The summed E-state index contributed by atoms with van der Waals surface area (Å²) in [5.41, 5.74) is 1.33. The van der Waals surface area contributed by atoms with Gasteiger partial charge in [-0.25, -0.2) is 4.39 Å². The van der Waals surface area contributed by atoms with Gasteiger partial charge in [0.1, 0.15) is 5.82 Å². The van der Waals surface area contributed by atoms with Gasteiger partial charge in [0.15, 0.2) is 0 Å². The van der Waals surface area contributed by atoms with Crippen molar-refractivity contribution >= 4 is 0 Å². The average Bonchev–Trinajstić information content (AvgIpc) is 2.21.